The summed E-state index contributed by atoms with van der Waals surface area (Å²) < 4.78 is 29.9. The quantitative estimate of drug-likeness (QED) is 0.880. The van der Waals surface area contributed by atoms with E-state index in [2.05, 4.69) is 10.3 Å². The molecule has 1 aromatic rings. The summed E-state index contributed by atoms with van der Waals surface area (Å²) in [5.41, 5.74) is -1.28. The normalized spacial score (nSPS) is 24.1. The Morgan fingerprint density at radius 3 is 2.90 bits per heavy atom. The summed E-state index contributed by atoms with van der Waals surface area (Å²) in [6.45, 7) is 2.32. The maximum Gasteiger partial charge on any atom is 0.352 e. The highest BCUT2D eigenvalue weighted by Gasteiger charge is 2.61. The van der Waals surface area contributed by atoms with Gasteiger partial charge in [0, 0.05) is 25.2 Å². The molecule has 1 saturated carbocycles. The van der Waals surface area contributed by atoms with Crippen LogP contribution >= 0.6 is 0 Å². The molecule has 1 atom stereocenters. The van der Waals surface area contributed by atoms with Gasteiger partial charge in [-0.3, -0.25) is 4.79 Å². The van der Waals surface area contributed by atoms with Gasteiger partial charge in [-0.2, -0.15) is 8.78 Å². The molecule has 1 amide bonds. The average molecular weight is 299 g/mol. The summed E-state index contributed by atoms with van der Waals surface area (Å²) in [6, 6.07) is -0.354. The van der Waals surface area contributed by atoms with Gasteiger partial charge in [0.25, 0.3) is 5.91 Å². The van der Waals surface area contributed by atoms with E-state index in [4.69, 9.17) is 0 Å². The summed E-state index contributed by atoms with van der Waals surface area (Å²) >= 11 is 0. The van der Waals surface area contributed by atoms with Crippen LogP contribution in [0.1, 0.15) is 37.2 Å². The van der Waals surface area contributed by atoms with Gasteiger partial charge < -0.3 is 15.0 Å². The molecule has 1 aliphatic carbocycles. The van der Waals surface area contributed by atoms with E-state index >= 15 is 0 Å². The standard InChI is InChI=1S/C14H19F2N3O2/c1-9-7-19-8-10(3-4-11(19)17-9)18-12(20)14(15,16)13(21)5-2-6-13/h7,10,21H,2-6,8H2,1H3,(H,18,20). The van der Waals surface area contributed by atoms with Crippen LogP contribution in [0.25, 0.3) is 0 Å². The molecule has 0 spiro atoms. The zero-order chi connectivity index (χ0) is 15.3. The topological polar surface area (TPSA) is 67.2 Å². The van der Waals surface area contributed by atoms with E-state index in [1.54, 1.807) is 0 Å². The summed E-state index contributed by atoms with van der Waals surface area (Å²) in [4.78, 5) is 16.2. The molecular weight excluding hydrogens is 280 g/mol. The van der Waals surface area contributed by atoms with Crippen molar-refractivity contribution < 1.29 is 18.7 Å². The van der Waals surface area contributed by atoms with Crippen LogP contribution in [0.2, 0.25) is 0 Å². The van der Waals surface area contributed by atoms with Gasteiger partial charge >= 0.3 is 5.92 Å². The van der Waals surface area contributed by atoms with Crippen LogP contribution < -0.4 is 5.32 Å². The monoisotopic (exact) mass is 299 g/mol. The molecule has 21 heavy (non-hydrogen) atoms. The van der Waals surface area contributed by atoms with E-state index in [0.29, 0.717) is 25.8 Å². The van der Waals surface area contributed by atoms with Crippen molar-refractivity contribution in [1.29, 1.82) is 0 Å². The smallest absolute Gasteiger partial charge is 0.352 e. The minimum atomic E-state index is -3.73. The van der Waals surface area contributed by atoms with Crippen LogP contribution in [-0.2, 0) is 17.8 Å². The van der Waals surface area contributed by atoms with Gasteiger partial charge in [-0.05, 0) is 32.6 Å². The van der Waals surface area contributed by atoms with Gasteiger partial charge in [0.2, 0.25) is 0 Å². The molecule has 0 bridgehead atoms. The minimum absolute atomic E-state index is 0.0249. The Balaban J connectivity index is 1.66. The fraction of sp³-hybridized carbons (Fsp3) is 0.714. The molecular formula is C14H19F2N3O2. The molecule has 2 heterocycles. The van der Waals surface area contributed by atoms with Crippen molar-refractivity contribution in [2.75, 3.05) is 0 Å². The van der Waals surface area contributed by atoms with E-state index in [9.17, 15) is 18.7 Å². The van der Waals surface area contributed by atoms with E-state index in [-0.39, 0.29) is 18.9 Å². The number of nitrogens with zero attached hydrogens (tertiary/aromatic N) is 2. The van der Waals surface area contributed by atoms with Gasteiger partial charge in [0.05, 0.1) is 5.69 Å². The third-order valence-electron chi connectivity index (χ3n) is 4.50. The largest absolute Gasteiger partial charge is 0.383 e. The number of nitrogens with one attached hydrogen (secondary N) is 1. The third kappa shape index (κ3) is 2.33. The summed E-state index contributed by atoms with van der Waals surface area (Å²) in [5.74, 6) is -4.17. The van der Waals surface area contributed by atoms with Crippen molar-refractivity contribution in [3.63, 3.8) is 0 Å². The van der Waals surface area contributed by atoms with Gasteiger partial charge in [-0.25, -0.2) is 4.98 Å². The number of hydrogen-bond acceptors (Lipinski definition) is 3. The zero-order valence-corrected chi connectivity index (χ0v) is 11.9. The lowest BCUT2D eigenvalue weighted by molar-refractivity contribution is -0.216. The van der Waals surface area contributed by atoms with Gasteiger partial charge in [0.1, 0.15) is 11.4 Å². The number of alkyl halides is 2. The molecule has 0 aromatic carbocycles. The molecule has 0 radical (unpaired) electrons. The second-order valence-corrected chi connectivity index (χ2v) is 6.12. The molecule has 5 nitrogen and oxygen atoms in total. The first kappa shape index (κ1) is 14.4. The predicted octanol–water partition coefficient (Wildman–Crippen LogP) is 1.17. The van der Waals surface area contributed by atoms with Crippen LogP contribution in [0, 0.1) is 6.92 Å². The van der Waals surface area contributed by atoms with Crippen molar-refractivity contribution in [3.8, 4) is 0 Å². The second kappa shape index (κ2) is 4.76. The maximum atomic E-state index is 14.0. The summed E-state index contributed by atoms with van der Waals surface area (Å²) in [5, 5.41) is 12.2. The molecule has 3 rings (SSSR count). The van der Waals surface area contributed by atoms with Gasteiger partial charge in [-0.1, -0.05) is 0 Å². The number of carbonyl (C=O) groups excluding carboxylic acids is 1. The zero-order valence-electron chi connectivity index (χ0n) is 11.9. The number of hydrogen-bond donors (Lipinski definition) is 2. The first-order valence-corrected chi connectivity index (χ1v) is 7.26. The highest BCUT2D eigenvalue weighted by Crippen LogP contribution is 2.44. The molecule has 1 aromatic heterocycles. The molecule has 2 aliphatic rings. The van der Waals surface area contributed by atoms with Crippen LogP contribution in [0.4, 0.5) is 8.78 Å². The Kier molecular flexibility index (Phi) is 3.27. The number of rotatable bonds is 3. The molecule has 2 N–H and O–H groups in total. The molecule has 7 heteroatoms. The number of aromatic nitrogens is 2. The molecule has 1 fully saturated rings. The van der Waals surface area contributed by atoms with Gasteiger partial charge in [-0.15, -0.1) is 0 Å². The first-order chi connectivity index (χ1) is 9.82. The van der Waals surface area contributed by atoms with Crippen molar-refractivity contribution in [1.82, 2.24) is 14.9 Å². The minimum Gasteiger partial charge on any atom is -0.383 e. The Morgan fingerprint density at radius 2 is 2.29 bits per heavy atom. The molecule has 1 unspecified atom stereocenters. The summed E-state index contributed by atoms with van der Waals surface area (Å²) in [6.07, 6.45) is 3.56. The lowest BCUT2D eigenvalue weighted by atomic mass is 9.75. The fourth-order valence-electron chi connectivity index (χ4n) is 3.02. The highest BCUT2D eigenvalue weighted by molar-refractivity contribution is 5.85. The molecule has 1 aliphatic heterocycles. The number of fused-ring (bicyclic) bond motifs is 1. The van der Waals surface area contributed by atoms with Crippen molar-refractivity contribution >= 4 is 5.91 Å². The average Bonchev–Trinajstić information content (AvgIpc) is 2.75. The number of halogens is 2. The Hall–Kier alpha value is -1.50. The number of imidazole rings is 1. The lowest BCUT2D eigenvalue weighted by Crippen LogP contribution is -2.62. The summed E-state index contributed by atoms with van der Waals surface area (Å²) in [7, 11) is 0. The molecule has 116 valence electrons. The SMILES string of the molecule is Cc1cn2c(n1)CCC(NC(=O)C(F)(F)C1(O)CCC1)C2. The van der Waals surface area contributed by atoms with Crippen LogP contribution in [0.15, 0.2) is 6.20 Å². The highest BCUT2D eigenvalue weighted by atomic mass is 19.3. The Labute approximate surface area is 121 Å². The maximum absolute atomic E-state index is 14.0. The van der Waals surface area contributed by atoms with Crippen molar-refractivity contribution in [3.05, 3.63) is 17.7 Å². The number of aliphatic hydroxyl groups is 1. The second-order valence-electron chi connectivity index (χ2n) is 6.12. The third-order valence-corrected chi connectivity index (χ3v) is 4.50. The number of carbonyl (C=O) groups is 1. The number of amides is 1. The van der Waals surface area contributed by atoms with E-state index in [1.807, 2.05) is 17.7 Å². The lowest BCUT2D eigenvalue weighted by Gasteiger charge is -2.42. The van der Waals surface area contributed by atoms with E-state index in [0.717, 1.165) is 11.5 Å². The fourth-order valence-corrected chi connectivity index (χ4v) is 3.02. The van der Waals surface area contributed by atoms with Crippen LogP contribution in [0.5, 0.6) is 0 Å². The Bertz CT molecular complexity index is 567. The number of aryl methyl sites for hydroxylation is 2. The van der Waals surface area contributed by atoms with E-state index < -0.39 is 17.4 Å². The first-order valence-electron chi connectivity index (χ1n) is 7.26. The van der Waals surface area contributed by atoms with Crippen molar-refractivity contribution in [2.24, 2.45) is 0 Å². The van der Waals surface area contributed by atoms with Gasteiger partial charge in [0.15, 0.2) is 0 Å². The van der Waals surface area contributed by atoms with E-state index in [1.165, 1.54) is 0 Å². The van der Waals surface area contributed by atoms with Crippen LogP contribution in [0.3, 0.4) is 0 Å². The Morgan fingerprint density at radius 1 is 1.57 bits per heavy atom. The molecule has 0 saturated heterocycles. The van der Waals surface area contributed by atoms with Crippen LogP contribution in [-0.4, -0.2) is 38.1 Å². The van der Waals surface area contributed by atoms with Crippen molar-refractivity contribution in [2.45, 2.75) is 63.1 Å². The predicted molar refractivity (Wildman–Crippen MR) is 71.0 cm³/mol.